The third-order valence-electron chi connectivity index (χ3n) is 2.39. The number of H-pyrrole nitrogens is 1. The molecule has 0 saturated carbocycles. The number of hydrogen-bond donors (Lipinski definition) is 3. The average Bonchev–Trinajstić information content (AvgIpc) is 2.84. The van der Waals surface area contributed by atoms with Gasteiger partial charge in [-0.1, -0.05) is 17.7 Å². The van der Waals surface area contributed by atoms with Crippen molar-refractivity contribution in [2.24, 2.45) is 5.84 Å². The smallest absolute Gasteiger partial charge is 0.143 e. The van der Waals surface area contributed by atoms with Gasteiger partial charge in [0.2, 0.25) is 0 Å². The van der Waals surface area contributed by atoms with Crippen molar-refractivity contribution in [3.8, 4) is 0 Å². The summed E-state index contributed by atoms with van der Waals surface area (Å²) < 4.78 is 13.3. The highest BCUT2D eigenvalue weighted by molar-refractivity contribution is 6.30. The number of nitrogens with one attached hydrogen (secondary N) is 2. The third-order valence-corrected chi connectivity index (χ3v) is 2.70. The summed E-state index contributed by atoms with van der Waals surface area (Å²) in [6, 6.07) is 4.38. The van der Waals surface area contributed by atoms with Crippen LogP contribution in [0, 0.1) is 5.82 Å². The number of rotatable bonds is 4. The zero-order valence-electron chi connectivity index (χ0n) is 8.82. The molecule has 0 radical (unpaired) electrons. The van der Waals surface area contributed by atoms with Crippen molar-refractivity contribution in [3.63, 3.8) is 0 Å². The maximum Gasteiger partial charge on any atom is 0.143 e. The van der Waals surface area contributed by atoms with Gasteiger partial charge >= 0.3 is 0 Å². The van der Waals surface area contributed by atoms with E-state index in [2.05, 4.69) is 20.6 Å². The minimum absolute atomic E-state index is 0.102. The van der Waals surface area contributed by atoms with E-state index in [1.165, 1.54) is 18.5 Å². The van der Waals surface area contributed by atoms with Crippen LogP contribution in [0.15, 0.2) is 24.5 Å². The summed E-state index contributed by atoms with van der Waals surface area (Å²) in [5, 5.41) is 6.55. The number of nitrogens with two attached hydrogens (primary N) is 1. The molecule has 7 heteroatoms. The lowest BCUT2D eigenvalue weighted by Gasteiger charge is -2.13. The molecule has 0 bridgehead atoms. The predicted molar refractivity (Wildman–Crippen MR) is 61.6 cm³/mol. The van der Waals surface area contributed by atoms with E-state index < -0.39 is 5.82 Å². The molecule has 90 valence electrons. The van der Waals surface area contributed by atoms with Crippen LogP contribution in [-0.4, -0.2) is 15.2 Å². The Morgan fingerprint density at radius 2 is 2.35 bits per heavy atom. The van der Waals surface area contributed by atoms with E-state index in [0.717, 1.165) is 5.56 Å². The highest BCUT2D eigenvalue weighted by atomic mass is 35.5. The molecule has 0 aliphatic rings. The van der Waals surface area contributed by atoms with Crippen molar-refractivity contribution in [1.29, 1.82) is 0 Å². The van der Waals surface area contributed by atoms with Crippen LogP contribution in [0.4, 0.5) is 4.39 Å². The summed E-state index contributed by atoms with van der Waals surface area (Å²) in [5.74, 6) is 5.58. The molecule has 1 aromatic carbocycles. The van der Waals surface area contributed by atoms with E-state index in [9.17, 15) is 4.39 Å². The van der Waals surface area contributed by atoms with Gasteiger partial charge in [0, 0.05) is 0 Å². The van der Waals surface area contributed by atoms with Crippen LogP contribution < -0.4 is 11.3 Å². The van der Waals surface area contributed by atoms with Crippen LogP contribution >= 0.6 is 11.6 Å². The fourth-order valence-corrected chi connectivity index (χ4v) is 1.64. The van der Waals surface area contributed by atoms with Gasteiger partial charge in [-0.05, 0) is 24.1 Å². The Bertz CT molecular complexity index is 487. The van der Waals surface area contributed by atoms with Gasteiger partial charge < -0.3 is 0 Å². The number of nitrogens with zero attached hydrogens (tertiary/aromatic N) is 2. The van der Waals surface area contributed by atoms with Gasteiger partial charge in [0.15, 0.2) is 0 Å². The Balaban J connectivity index is 2.16. The van der Waals surface area contributed by atoms with Gasteiger partial charge in [-0.25, -0.2) is 14.8 Å². The SMILES string of the molecule is NNC(Cc1ccc(Cl)c(F)c1)c1ncn[nH]1. The summed E-state index contributed by atoms with van der Waals surface area (Å²) in [6.07, 6.45) is 1.88. The van der Waals surface area contributed by atoms with Gasteiger partial charge in [-0.15, -0.1) is 0 Å². The minimum atomic E-state index is -0.447. The van der Waals surface area contributed by atoms with Crippen LogP contribution in [0.1, 0.15) is 17.4 Å². The highest BCUT2D eigenvalue weighted by Crippen LogP contribution is 2.19. The van der Waals surface area contributed by atoms with Crippen molar-refractivity contribution < 1.29 is 4.39 Å². The summed E-state index contributed by atoms with van der Waals surface area (Å²) >= 11 is 5.61. The Hall–Kier alpha value is -1.50. The van der Waals surface area contributed by atoms with Crippen LogP contribution in [0.25, 0.3) is 0 Å². The summed E-state index contributed by atoms with van der Waals surface area (Å²) in [4.78, 5) is 3.99. The number of aromatic nitrogens is 3. The molecule has 4 N–H and O–H groups in total. The number of halogens is 2. The first-order valence-corrected chi connectivity index (χ1v) is 5.34. The number of hydrazine groups is 1. The van der Waals surface area contributed by atoms with E-state index in [1.807, 2.05) is 0 Å². The first-order valence-electron chi connectivity index (χ1n) is 4.96. The van der Waals surface area contributed by atoms with E-state index in [-0.39, 0.29) is 11.1 Å². The summed E-state index contributed by atoms with van der Waals surface area (Å²) in [7, 11) is 0. The maximum atomic E-state index is 13.3. The Kier molecular flexibility index (Phi) is 3.68. The monoisotopic (exact) mass is 255 g/mol. The lowest BCUT2D eigenvalue weighted by molar-refractivity contribution is 0.522. The second-order valence-corrected chi connectivity index (χ2v) is 3.95. The molecule has 0 spiro atoms. The zero-order chi connectivity index (χ0) is 12.3. The molecule has 5 nitrogen and oxygen atoms in total. The molecular weight excluding hydrogens is 245 g/mol. The first-order chi connectivity index (χ1) is 8.20. The fraction of sp³-hybridized carbons (Fsp3) is 0.200. The fourth-order valence-electron chi connectivity index (χ4n) is 1.52. The van der Waals surface area contributed by atoms with E-state index >= 15 is 0 Å². The van der Waals surface area contributed by atoms with Crippen molar-refractivity contribution in [2.75, 3.05) is 0 Å². The van der Waals surface area contributed by atoms with Gasteiger partial charge in [0.05, 0.1) is 11.1 Å². The quantitative estimate of drug-likeness (QED) is 0.569. The van der Waals surface area contributed by atoms with Crippen LogP contribution in [0.5, 0.6) is 0 Å². The topological polar surface area (TPSA) is 79.6 Å². The van der Waals surface area contributed by atoms with E-state index in [4.69, 9.17) is 17.4 Å². The Labute approximate surface area is 102 Å². The lowest BCUT2D eigenvalue weighted by atomic mass is 10.1. The molecule has 2 aromatic rings. The second kappa shape index (κ2) is 5.22. The zero-order valence-corrected chi connectivity index (χ0v) is 9.58. The molecule has 1 unspecified atom stereocenters. The first kappa shape index (κ1) is 12.0. The third kappa shape index (κ3) is 2.79. The molecule has 0 saturated heterocycles. The Morgan fingerprint density at radius 3 is 2.94 bits per heavy atom. The molecule has 0 amide bonds. The van der Waals surface area contributed by atoms with Gasteiger partial charge in [0.25, 0.3) is 0 Å². The molecule has 1 aromatic heterocycles. The number of aromatic amines is 1. The molecule has 17 heavy (non-hydrogen) atoms. The molecule has 0 fully saturated rings. The van der Waals surface area contributed by atoms with Crippen LogP contribution in [0.2, 0.25) is 5.02 Å². The molecule has 0 aliphatic carbocycles. The van der Waals surface area contributed by atoms with Crippen molar-refractivity contribution in [1.82, 2.24) is 20.6 Å². The van der Waals surface area contributed by atoms with Crippen LogP contribution in [0.3, 0.4) is 0 Å². The van der Waals surface area contributed by atoms with E-state index in [0.29, 0.717) is 12.2 Å². The largest absolute Gasteiger partial charge is 0.271 e. The van der Waals surface area contributed by atoms with Gasteiger partial charge in [-0.2, -0.15) is 5.10 Å². The average molecular weight is 256 g/mol. The van der Waals surface area contributed by atoms with Gasteiger partial charge in [0.1, 0.15) is 18.0 Å². The summed E-state index contributed by atoms with van der Waals surface area (Å²) in [5.41, 5.74) is 3.37. The van der Waals surface area contributed by atoms with Crippen molar-refractivity contribution >= 4 is 11.6 Å². The molecular formula is C10H11ClFN5. The number of benzene rings is 1. The lowest BCUT2D eigenvalue weighted by Crippen LogP contribution is -2.30. The van der Waals surface area contributed by atoms with Crippen molar-refractivity contribution in [3.05, 3.63) is 46.8 Å². The number of hydrogen-bond acceptors (Lipinski definition) is 4. The predicted octanol–water partition coefficient (Wildman–Crippen LogP) is 1.34. The molecule has 0 aliphatic heterocycles. The normalized spacial score (nSPS) is 12.6. The standard InChI is InChI=1S/C10H11ClFN5/c11-7-2-1-6(3-8(7)12)4-9(16-13)10-14-5-15-17-10/h1-3,5,9,16H,4,13H2,(H,14,15,17). The summed E-state index contributed by atoms with van der Waals surface area (Å²) in [6.45, 7) is 0. The van der Waals surface area contributed by atoms with E-state index in [1.54, 1.807) is 6.07 Å². The van der Waals surface area contributed by atoms with Crippen LogP contribution in [-0.2, 0) is 6.42 Å². The second-order valence-electron chi connectivity index (χ2n) is 3.54. The minimum Gasteiger partial charge on any atom is -0.271 e. The van der Waals surface area contributed by atoms with Gasteiger partial charge in [-0.3, -0.25) is 10.9 Å². The molecule has 2 rings (SSSR count). The highest BCUT2D eigenvalue weighted by Gasteiger charge is 2.14. The Morgan fingerprint density at radius 1 is 1.53 bits per heavy atom. The molecule has 1 heterocycles. The molecule has 1 atom stereocenters. The maximum absolute atomic E-state index is 13.3. The van der Waals surface area contributed by atoms with Crippen molar-refractivity contribution in [2.45, 2.75) is 12.5 Å².